The van der Waals surface area contributed by atoms with Gasteiger partial charge in [0.05, 0.1) is 6.04 Å². The molecule has 0 aliphatic carbocycles. The molecule has 1 heterocycles. The minimum absolute atomic E-state index is 0.0937. The van der Waals surface area contributed by atoms with Crippen molar-refractivity contribution >= 4 is 23.3 Å². The lowest BCUT2D eigenvalue weighted by atomic mass is 10.0. The van der Waals surface area contributed by atoms with Crippen LogP contribution in [0.3, 0.4) is 0 Å². The molecule has 0 aliphatic rings. The van der Waals surface area contributed by atoms with Crippen molar-refractivity contribution in [1.29, 1.82) is 0 Å². The average molecular weight is 256 g/mol. The van der Waals surface area contributed by atoms with Crippen molar-refractivity contribution < 1.29 is 14.7 Å². The van der Waals surface area contributed by atoms with Crippen LogP contribution in [-0.2, 0) is 4.79 Å². The molecule has 5 nitrogen and oxygen atoms in total. The van der Waals surface area contributed by atoms with Crippen LogP contribution in [0.15, 0.2) is 17.5 Å². The van der Waals surface area contributed by atoms with E-state index >= 15 is 0 Å². The Kier molecular flexibility index (Phi) is 4.96. The van der Waals surface area contributed by atoms with Crippen LogP contribution in [0.25, 0.3) is 0 Å². The number of carbonyl (C=O) groups is 2. The lowest BCUT2D eigenvalue weighted by Crippen LogP contribution is -2.41. The predicted molar refractivity (Wildman–Crippen MR) is 66.1 cm³/mol. The van der Waals surface area contributed by atoms with Gasteiger partial charge in [-0.05, 0) is 17.4 Å². The van der Waals surface area contributed by atoms with E-state index in [4.69, 9.17) is 5.11 Å². The van der Waals surface area contributed by atoms with Crippen molar-refractivity contribution in [1.82, 2.24) is 10.6 Å². The van der Waals surface area contributed by atoms with Crippen molar-refractivity contribution in [3.05, 3.63) is 22.4 Å². The highest BCUT2D eigenvalue weighted by molar-refractivity contribution is 7.10. The molecule has 3 N–H and O–H groups in total. The molecule has 17 heavy (non-hydrogen) atoms. The normalized spacial score (nSPS) is 12.2. The van der Waals surface area contributed by atoms with Gasteiger partial charge in [0.1, 0.15) is 6.54 Å². The van der Waals surface area contributed by atoms with Crippen LogP contribution in [0.2, 0.25) is 0 Å². The first kappa shape index (κ1) is 13.5. The fourth-order valence-electron chi connectivity index (χ4n) is 1.38. The Hall–Kier alpha value is -1.56. The van der Waals surface area contributed by atoms with Crippen molar-refractivity contribution in [3.63, 3.8) is 0 Å². The zero-order valence-corrected chi connectivity index (χ0v) is 10.6. The van der Waals surface area contributed by atoms with Crippen LogP contribution < -0.4 is 10.6 Å². The number of rotatable bonds is 5. The van der Waals surface area contributed by atoms with E-state index in [-0.39, 0.29) is 18.5 Å². The summed E-state index contributed by atoms with van der Waals surface area (Å²) in [7, 11) is 0. The minimum Gasteiger partial charge on any atom is -0.480 e. The Bertz CT molecular complexity index is 376. The summed E-state index contributed by atoms with van der Waals surface area (Å²) in [6.07, 6.45) is 0. The largest absolute Gasteiger partial charge is 0.480 e. The van der Waals surface area contributed by atoms with Crippen LogP contribution in [0.4, 0.5) is 4.79 Å². The maximum atomic E-state index is 11.5. The number of aliphatic carboxylic acids is 1. The first-order valence-corrected chi connectivity index (χ1v) is 6.18. The van der Waals surface area contributed by atoms with Gasteiger partial charge in [0, 0.05) is 4.88 Å². The van der Waals surface area contributed by atoms with E-state index in [0.717, 1.165) is 4.88 Å². The number of carbonyl (C=O) groups excluding carboxylic acids is 1. The summed E-state index contributed by atoms with van der Waals surface area (Å²) in [6, 6.07) is 3.32. The van der Waals surface area contributed by atoms with Gasteiger partial charge in [0.15, 0.2) is 0 Å². The molecule has 0 spiro atoms. The number of carboxylic acid groups (broad SMARTS) is 1. The molecule has 0 aliphatic heterocycles. The highest BCUT2D eigenvalue weighted by Gasteiger charge is 2.19. The molecule has 6 heteroatoms. The van der Waals surface area contributed by atoms with E-state index in [2.05, 4.69) is 10.6 Å². The quantitative estimate of drug-likeness (QED) is 0.752. The van der Waals surface area contributed by atoms with Crippen molar-refractivity contribution in [2.24, 2.45) is 5.92 Å². The van der Waals surface area contributed by atoms with Gasteiger partial charge in [0.2, 0.25) is 0 Å². The molecule has 1 aromatic heterocycles. The third-order valence-electron chi connectivity index (χ3n) is 2.20. The van der Waals surface area contributed by atoms with Crippen molar-refractivity contribution in [2.45, 2.75) is 19.9 Å². The minimum atomic E-state index is -1.06. The highest BCUT2D eigenvalue weighted by atomic mass is 32.1. The van der Waals surface area contributed by atoms with Gasteiger partial charge in [-0.15, -0.1) is 11.3 Å². The molecule has 94 valence electrons. The van der Waals surface area contributed by atoms with E-state index in [9.17, 15) is 9.59 Å². The summed E-state index contributed by atoms with van der Waals surface area (Å²) in [6.45, 7) is 3.63. The van der Waals surface area contributed by atoms with Crippen molar-refractivity contribution in [3.8, 4) is 0 Å². The Labute approximate surface area is 104 Å². The summed E-state index contributed by atoms with van der Waals surface area (Å²) in [5.41, 5.74) is 0. The fraction of sp³-hybridized carbons (Fsp3) is 0.455. The van der Waals surface area contributed by atoms with E-state index in [0.29, 0.717) is 0 Å². The average Bonchev–Trinajstić information content (AvgIpc) is 2.75. The summed E-state index contributed by atoms with van der Waals surface area (Å²) in [5.74, 6) is -0.818. The van der Waals surface area contributed by atoms with Crippen LogP contribution in [0.5, 0.6) is 0 Å². The number of amides is 2. The molecule has 0 saturated carbocycles. The lowest BCUT2D eigenvalue weighted by Gasteiger charge is -2.21. The Morgan fingerprint density at radius 2 is 2.18 bits per heavy atom. The van der Waals surface area contributed by atoms with Crippen LogP contribution in [0, 0.1) is 5.92 Å². The van der Waals surface area contributed by atoms with Crippen LogP contribution >= 0.6 is 11.3 Å². The number of nitrogens with one attached hydrogen (secondary N) is 2. The van der Waals surface area contributed by atoms with Gasteiger partial charge in [-0.1, -0.05) is 19.9 Å². The maximum absolute atomic E-state index is 11.5. The summed E-state index contributed by atoms with van der Waals surface area (Å²) in [4.78, 5) is 22.8. The second-order valence-corrected chi connectivity index (χ2v) is 4.94. The predicted octanol–water partition coefficient (Wildman–Crippen LogP) is 1.83. The molecule has 1 aromatic rings. The van der Waals surface area contributed by atoms with Gasteiger partial charge < -0.3 is 15.7 Å². The zero-order chi connectivity index (χ0) is 12.8. The third-order valence-corrected chi connectivity index (χ3v) is 3.16. The molecule has 0 saturated heterocycles. The molecule has 0 fully saturated rings. The van der Waals surface area contributed by atoms with E-state index < -0.39 is 12.0 Å². The molecular formula is C11H16N2O3S. The molecule has 0 bridgehead atoms. The highest BCUT2D eigenvalue weighted by Crippen LogP contribution is 2.25. The maximum Gasteiger partial charge on any atom is 0.323 e. The number of hydrogen-bond donors (Lipinski definition) is 3. The third kappa shape index (κ3) is 4.44. The van der Waals surface area contributed by atoms with Gasteiger partial charge in [0.25, 0.3) is 0 Å². The smallest absolute Gasteiger partial charge is 0.323 e. The Balaban J connectivity index is 2.56. The second kappa shape index (κ2) is 6.24. The SMILES string of the molecule is CC(C)C(NC(=O)NCC(=O)O)c1cccs1. The Morgan fingerprint density at radius 3 is 2.65 bits per heavy atom. The number of carboxylic acids is 1. The summed E-state index contributed by atoms with van der Waals surface area (Å²) >= 11 is 1.57. The molecule has 1 atom stereocenters. The number of urea groups is 1. The number of thiophene rings is 1. The lowest BCUT2D eigenvalue weighted by molar-refractivity contribution is -0.135. The standard InChI is InChI=1S/C11H16N2O3S/c1-7(2)10(8-4-3-5-17-8)13-11(16)12-6-9(14)15/h3-5,7,10H,6H2,1-2H3,(H,14,15)(H2,12,13,16). The second-order valence-electron chi connectivity index (χ2n) is 3.96. The Morgan fingerprint density at radius 1 is 1.47 bits per heavy atom. The zero-order valence-electron chi connectivity index (χ0n) is 9.77. The summed E-state index contributed by atoms with van der Waals surface area (Å²) in [5, 5.41) is 15.5. The summed E-state index contributed by atoms with van der Waals surface area (Å²) < 4.78 is 0. The van der Waals surface area contributed by atoms with E-state index in [1.807, 2.05) is 31.4 Å². The molecule has 0 aromatic carbocycles. The molecule has 2 amide bonds. The van der Waals surface area contributed by atoms with Crippen molar-refractivity contribution in [2.75, 3.05) is 6.54 Å². The van der Waals surface area contributed by atoms with Gasteiger partial charge >= 0.3 is 12.0 Å². The van der Waals surface area contributed by atoms with E-state index in [1.165, 1.54) is 0 Å². The fourth-order valence-corrected chi connectivity index (χ4v) is 2.33. The molecule has 1 unspecified atom stereocenters. The monoisotopic (exact) mass is 256 g/mol. The topological polar surface area (TPSA) is 78.4 Å². The van der Waals surface area contributed by atoms with E-state index in [1.54, 1.807) is 11.3 Å². The van der Waals surface area contributed by atoms with Gasteiger partial charge in [-0.2, -0.15) is 0 Å². The van der Waals surface area contributed by atoms with Gasteiger partial charge in [-0.25, -0.2) is 4.79 Å². The number of hydrogen-bond acceptors (Lipinski definition) is 3. The van der Waals surface area contributed by atoms with Crippen LogP contribution in [0.1, 0.15) is 24.8 Å². The van der Waals surface area contributed by atoms with Crippen LogP contribution in [-0.4, -0.2) is 23.7 Å². The molecule has 1 rings (SSSR count). The first-order chi connectivity index (χ1) is 8.00. The van der Waals surface area contributed by atoms with Gasteiger partial charge in [-0.3, -0.25) is 4.79 Å². The molecule has 0 radical (unpaired) electrons. The molecular weight excluding hydrogens is 240 g/mol. The first-order valence-electron chi connectivity index (χ1n) is 5.30.